The van der Waals surface area contributed by atoms with E-state index in [1.807, 2.05) is 36.1 Å². The van der Waals surface area contributed by atoms with Crippen molar-refractivity contribution < 1.29 is 13.2 Å². The summed E-state index contributed by atoms with van der Waals surface area (Å²) in [6.45, 7) is 3.34. The van der Waals surface area contributed by atoms with Crippen molar-refractivity contribution in [1.29, 1.82) is 0 Å². The lowest BCUT2D eigenvalue weighted by Gasteiger charge is -2.34. The van der Waals surface area contributed by atoms with Crippen LogP contribution in [0.15, 0.2) is 45.5 Å². The van der Waals surface area contributed by atoms with Crippen LogP contribution >= 0.6 is 23.1 Å². The number of piperidine rings is 1. The largest absolute Gasteiger partial charge is 0.311 e. The Balaban J connectivity index is 1.56. The van der Waals surface area contributed by atoms with Crippen LogP contribution in [0.1, 0.15) is 24.1 Å². The van der Waals surface area contributed by atoms with E-state index in [1.165, 1.54) is 15.6 Å². The summed E-state index contributed by atoms with van der Waals surface area (Å²) in [7, 11) is -3.53. The van der Waals surface area contributed by atoms with Crippen molar-refractivity contribution in [1.82, 2.24) is 4.31 Å². The number of aryl methyl sites for hydroxylation is 1. The Hall–Kier alpha value is -1.35. The quantitative estimate of drug-likeness (QED) is 0.730. The maximum absolute atomic E-state index is 13.4. The number of para-hydroxylation sites is 1. The number of rotatable bonds is 3. The van der Waals surface area contributed by atoms with Crippen molar-refractivity contribution in [3.63, 3.8) is 0 Å². The number of thiophene rings is 1. The molecule has 150 valence electrons. The summed E-state index contributed by atoms with van der Waals surface area (Å²) < 4.78 is 27.9. The zero-order chi connectivity index (χ0) is 19.7. The van der Waals surface area contributed by atoms with Crippen LogP contribution < -0.4 is 4.90 Å². The summed E-state index contributed by atoms with van der Waals surface area (Å²) in [6.07, 6.45) is 2.39. The van der Waals surface area contributed by atoms with E-state index in [0.717, 1.165) is 34.1 Å². The standard InChI is InChI=1S/C20H24N2O3S3/c1-15-9-10-19(27-15)28(24,25)21-11-4-6-16(14-21)20(23)22-12-5-13-26-18-8-3-2-7-17(18)22/h2-3,7-10,16H,4-6,11-14H2,1H3. The number of amides is 1. The van der Waals surface area contributed by atoms with Gasteiger partial charge in [-0.05, 0) is 56.2 Å². The number of carbonyl (C=O) groups is 1. The van der Waals surface area contributed by atoms with E-state index in [9.17, 15) is 13.2 Å². The minimum Gasteiger partial charge on any atom is -0.311 e. The molecule has 0 spiro atoms. The fraction of sp³-hybridized carbons (Fsp3) is 0.450. The number of benzene rings is 1. The summed E-state index contributed by atoms with van der Waals surface area (Å²) in [6, 6.07) is 11.5. The Morgan fingerprint density at radius 1 is 1.11 bits per heavy atom. The van der Waals surface area contributed by atoms with Gasteiger partial charge in [0, 0.05) is 29.4 Å². The van der Waals surface area contributed by atoms with Crippen LogP contribution in [0.25, 0.3) is 0 Å². The second kappa shape index (κ2) is 8.18. The van der Waals surface area contributed by atoms with Crippen molar-refractivity contribution in [3.05, 3.63) is 41.3 Å². The highest BCUT2D eigenvalue weighted by atomic mass is 32.2. The molecule has 2 aliphatic rings. The first-order valence-corrected chi connectivity index (χ1v) is 12.8. The molecule has 0 radical (unpaired) electrons. The lowest BCUT2D eigenvalue weighted by Crippen LogP contribution is -2.47. The lowest BCUT2D eigenvalue weighted by molar-refractivity contribution is -0.123. The Kier molecular flexibility index (Phi) is 5.83. The monoisotopic (exact) mass is 436 g/mol. The number of fused-ring (bicyclic) bond motifs is 1. The lowest BCUT2D eigenvalue weighted by atomic mass is 9.97. The van der Waals surface area contributed by atoms with Gasteiger partial charge < -0.3 is 4.90 Å². The molecule has 0 aliphatic carbocycles. The van der Waals surface area contributed by atoms with E-state index < -0.39 is 10.0 Å². The first kappa shape index (κ1) is 19.9. The molecule has 1 aromatic heterocycles. The molecular formula is C20H24N2O3S3. The second-order valence-corrected chi connectivity index (χ2v) is 11.8. The first-order chi connectivity index (χ1) is 13.5. The third-order valence-corrected chi connectivity index (χ3v) is 9.73. The van der Waals surface area contributed by atoms with Gasteiger partial charge in [-0.3, -0.25) is 4.79 Å². The molecule has 0 N–H and O–H groups in total. The van der Waals surface area contributed by atoms with E-state index in [-0.39, 0.29) is 18.4 Å². The van der Waals surface area contributed by atoms with E-state index in [4.69, 9.17) is 0 Å². The van der Waals surface area contributed by atoms with Crippen LogP contribution in [0.2, 0.25) is 0 Å². The Bertz CT molecular complexity index is 971. The molecular weight excluding hydrogens is 412 g/mol. The molecule has 1 fully saturated rings. The van der Waals surface area contributed by atoms with Gasteiger partial charge in [-0.1, -0.05) is 12.1 Å². The van der Waals surface area contributed by atoms with E-state index >= 15 is 0 Å². The third kappa shape index (κ3) is 3.87. The molecule has 3 heterocycles. The highest BCUT2D eigenvalue weighted by Crippen LogP contribution is 2.36. The van der Waals surface area contributed by atoms with Crippen molar-refractivity contribution in [3.8, 4) is 0 Å². The van der Waals surface area contributed by atoms with Crippen molar-refractivity contribution in [2.24, 2.45) is 5.92 Å². The van der Waals surface area contributed by atoms with Gasteiger partial charge in [0.15, 0.2) is 0 Å². The van der Waals surface area contributed by atoms with Crippen LogP contribution in [0.4, 0.5) is 5.69 Å². The summed E-state index contributed by atoms with van der Waals surface area (Å²) in [5, 5.41) is 0. The van der Waals surface area contributed by atoms with Gasteiger partial charge in [0.1, 0.15) is 4.21 Å². The van der Waals surface area contributed by atoms with Gasteiger partial charge in [-0.15, -0.1) is 23.1 Å². The number of anilines is 1. The molecule has 5 nitrogen and oxygen atoms in total. The third-order valence-electron chi connectivity index (χ3n) is 5.25. The zero-order valence-electron chi connectivity index (χ0n) is 15.8. The van der Waals surface area contributed by atoms with Crippen LogP contribution in [-0.2, 0) is 14.8 Å². The highest BCUT2D eigenvalue weighted by Gasteiger charge is 2.36. The van der Waals surface area contributed by atoms with Crippen LogP contribution in [0.5, 0.6) is 0 Å². The molecule has 1 unspecified atom stereocenters. The highest BCUT2D eigenvalue weighted by molar-refractivity contribution is 7.99. The van der Waals surface area contributed by atoms with Gasteiger partial charge in [-0.25, -0.2) is 8.42 Å². The topological polar surface area (TPSA) is 57.7 Å². The molecule has 1 saturated heterocycles. The van der Waals surface area contributed by atoms with E-state index in [0.29, 0.717) is 23.7 Å². The number of sulfonamides is 1. The number of carbonyl (C=O) groups excluding carboxylic acids is 1. The van der Waals surface area contributed by atoms with Gasteiger partial charge in [0.2, 0.25) is 5.91 Å². The summed E-state index contributed by atoms with van der Waals surface area (Å²) in [4.78, 5) is 17.4. The molecule has 2 aromatic rings. The fourth-order valence-corrected chi connectivity index (χ4v) is 7.77. The predicted molar refractivity (Wildman–Crippen MR) is 115 cm³/mol. The maximum atomic E-state index is 13.4. The van der Waals surface area contributed by atoms with Crippen LogP contribution in [0, 0.1) is 12.8 Å². The Labute approximate surface area is 174 Å². The van der Waals surface area contributed by atoms with Crippen molar-refractivity contribution in [2.45, 2.75) is 35.3 Å². The SMILES string of the molecule is Cc1ccc(S(=O)(=O)N2CCCC(C(=O)N3CCCSc4ccccc43)C2)s1. The smallest absolute Gasteiger partial charge is 0.252 e. The zero-order valence-corrected chi connectivity index (χ0v) is 18.3. The van der Waals surface area contributed by atoms with Gasteiger partial charge in [-0.2, -0.15) is 4.31 Å². The number of hydrogen-bond donors (Lipinski definition) is 0. The average molecular weight is 437 g/mol. The van der Waals surface area contributed by atoms with Crippen molar-refractivity contribution in [2.75, 3.05) is 30.3 Å². The molecule has 0 saturated carbocycles. The normalized spacial score (nSPS) is 21.2. The molecule has 1 aromatic carbocycles. The van der Waals surface area contributed by atoms with Gasteiger partial charge >= 0.3 is 0 Å². The molecule has 8 heteroatoms. The molecule has 4 rings (SSSR count). The van der Waals surface area contributed by atoms with Crippen molar-refractivity contribution >= 4 is 44.7 Å². The van der Waals surface area contributed by atoms with Crippen LogP contribution in [-0.4, -0.2) is 44.0 Å². The van der Waals surface area contributed by atoms with Gasteiger partial charge in [0.25, 0.3) is 10.0 Å². The van der Waals surface area contributed by atoms with E-state index in [2.05, 4.69) is 6.07 Å². The summed E-state index contributed by atoms with van der Waals surface area (Å²) >= 11 is 3.07. The molecule has 0 bridgehead atoms. The fourth-order valence-electron chi connectivity index (χ4n) is 3.82. The minimum absolute atomic E-state index is 0.0530. The maximum Gasteiger partial charge on any atom is 0.252 e. The summed E-state index contributed by atoms with van der Waals surface area (Å²) in [5.41, 5.74) is 0.962. The van der Waals surface area contributed by atoms with Crippen LogP contribution in [0.3, 0.4) is 0 Å². The Morgan fingerprint density at radius 3 is 2.71 bits per heavy atom. The predicted octanol–water partition coefficient (Wildman–Crippen LogP) is 3.99. The average Bonchev–Trinajstić information content (AvgIpc) is 3.04. The second-order valence-electron chi connectivity index (χ2n) is 7.23. The minimum atomic E-state index is -3.53. The number of hydrogen-bond acceptors (Lipinski definition) is 5. The van der Waals surface area contributed by atoms with Gasteiger partial charge in [0.05, 0.1) is 11.6 Å². The molecule has 1 atom stereocenters. The molecule has 2 aliphatic heterocycles. The number of nitrogens with zero attached hydrogens (tertiary/aromatic N) is 2. The summed E-state index contributed by atoms with van der Waals surface area (Å²) in [5.74, 6) is 0.752. The number of thioether (sulfide) groups is 1. The Morgan fingerprint density at radius 2 is 1.93 bits per heavy atom. The molecule has 1 amide bonds. The first-order valence-electron chi connectivity index (χ1n) is 9.56. The van der Waals surface area contributed by atoms with E-state index in [1.54, 1.807) is 17.8 Å². The molecule has 28 heavy (non-hydrogen) atoms.